The third-order valence-electron chi connectivity index (χ3n) is 3.31. The number of aromatic carboxylic acids is 1. The summed E-state index contributed by atoms with van der Waals surface area (Å²) in [6.07, 6.45) is 0.818. The maximum atomic E-state index is 11.5. The number of ether oxygens (including phenoxy) is 1. The molecule has 2 rings (SSSR count). The van der Waals surface area contributed by atoms with Crippen molar-refractivity contribution < 1.29 is 14.6 Å². The predicted octanol–water partition coefficient (Wildman–Crippen LogP) is 4.23. The van der Waals surface area contributed by atoms with Crippen LogP contribution in [-0.4, -0.2) is 27.7 Å². The average molecular weight is 335 g/mol. The Hall–Kier alpha value is -2.14. The highest BCUT2D eigenvalue weighted by atomic mass is 35.5. The fourth-order valence-corrected chi connectivity index (χ4v) is 2.14. The highest BCUT2D eigenvalue weighted by molar-refractivity contribution is 6.30. The molecule has 0 radical (unpaired) electrons. The zero-order chi connectivity index (χ0) is 17.0. The van der Waals surface area contributed by atoms with Crippen molar-refractivity contribution >= 4 is 17.6 Å². The standard InChI is InChI=1S/C17H19ClN2O3/c1-10(2)8-9-23-16-14(17(21)22)11(3)19-15(20-16)12-4-6-13(18)7-5-12/h4-7,10H,8-9H2,1-3H3,(H,21,22). The van der Waals surface area contributed by atoms with Crippen molar-refractivity contribution in [1.82, 2.24) is 9.97 Å². The Labute approximate surface area is 140 Å². The molecule has 1 heterocycles. The van der Waals surface area contributed by atoms with Crippen molar-refractivity contribution in [1.29, 1.82) is 0 Å². The lowest BCUT2D eigenvalue weighted by atomic mass is 10.1. The highest BCUT2D eigenvalue weighted by Crippen LogP contribution is 2.25. The van der Waals surface area contributed by atoms with E-state index < -0.39 is 5.97 Å². The Kier molecular flexibility index (Phi) is 5.55. The van der Waals surface area contributed by atoms with Crippen LogP contribution in [0.5, 0.6) is 5.88 Å². The lowest BCUT2D eigenvalue weighted by Crippen LogP contribution is -2.12. The maximum absolute atomic E-state index is 11.5. The van der Waals surface area contributed by atoms with E-state index >= 15 is 0 Å². The van der Waals surface area contributed by atoms with E-state index in [2.05, 4.69) is 23.8 Å². The van der Waals surface area contributed by atoms with E-state index in [1.807, 2.05) is 0 Å². The second kappa shape index (κ2) is 7.42. The first-order chi connectivity index (χ1) is 10.9. The van der Waals surface area contributed by atoms with Crippen LogP contribution >= 0.6 is 11.6 Å². The minimum atomic E-state index is -1.09. The molecule has 0 fully saturated rings. The van der Waals surface area contributed by atoms with E-state index in [0.717, 1.165) is 12.0 Å². The van der Waals surface area contributed by atoms with Crippen LogP contribution in [0.15, 0.2) is 24.3 Å². The molecule has 0 spiro atoms. The van der Waals surface area contributed by atoms with Gasteiger partial charge in [-0.1, -0.05) is 25.4 Å². The molecule has 6 heteroatoms. The van der Waals surface area contributed by atoms with Gasteiger partial charge in [-0.15, -0.1) is 0 Å². The predicted molar refractivity (Wildman–Crippen MR) is 89.1 cm³/mol. The number of aryl methyl sites for hydroxylation is 1. The van der Waals surface area contributed by atoms with Gasteiger partial charge in [0.1, 0.15) is 5.56 Å². The van der Waals surface area contributed by atoms with Crippen molar-refractivity contribution in [2.24, 2.45) is 5.92 Å². The summed E-state index contributed by atoms with van der Waals surface area (Å²) in [5.74, 6) is -0.106. The first-order valence-corrected chi connectivity index (χ1v) is 7.77. The van der Waals surface area contributed by atoms with Gasteiger partial charge in [-0.25, -0.2) is 9.78 Å². The molecule has 0 aliphatic rings. The molecule has 0 aliphatic heterocycles. The number of carboxylic acids is 1. The first kappa shape index (κ1) is 17.2. The summed E-state index contributed by atoms with van der Waals surface area (Å²) < 4.78 is 5.62. The number of carboxylic acid groups (broad SMARTS) is 1. The molecule has 5 nitrogen and oxygen atoms in total. The molecule has 1 aromatic heterocycles. The molecule has 23 heavy (non-hydrogen) atoms. The van der Waals surface area contributed by atoms with Gasteiger partial charge in [0.25, 0.3) is 0 Å². The van der Waals surface area contributed by atoms with Crippen LogP contribution in [0.1, 0.15) is 36.3 Å². The average Bonchev–Trinajstić information content (AvgIpc) is 2.46. The van der Waals surface area contributed by atoms with Crippen LogP contribution in [0.25, 0.3) is 11.4 Å². The quantitative estimate of drug-likeness (QED) is 0.855. The SMILES string of the molecule is Cc1nc(-c2ccc(Cl)cc2)nc(OCCC(C)C)c1C(=O)O. The van der Waals surface area contributed by atoms with Crippen LogP contribution in [-0.2, 0) is 0 Å². The van der Waals surface area contributed by atoms with Crippen LogP contribution in [0.2, 0.25) is 5.02 Å². The zero-order valence-electron chi connectivity index (χ0n) is 13.3. The molecule has 122 valence electrons. The molecular formula is C17H19ClN2O3. The third-order valence-corrected chi connectivity index (χ3v) is 3.56. The maximum Gasteiger partial charge on any atom is 0.343 e. The molecule has 0 atom stereocenters. The summed E-state index contributed by atoms with van der Waals surface area (Å²) in [7, 11) is 0. The third kappa shape index (κ3) is 4.42. The van der Waals surface area contributed by atoms with Crippen molar-refractivity contribution in [3.63, 3.8) is 0 Å². The van der Waals surface area contributed by atoms with Gasteiger partial charge < -0.3 is 9.84 Å². The normalized spacial score (nSPS) is 10.8. The second-order valence-electron chi connectivity index (χ2n) is 5.66. The van der Waals surface area contributed by atoms with E-state index in [4.69, 9.17) is 16.3 Å². The number of nitrogens with zero attached hydrogens (tertiary/aromatic N) is 2. The Morgan fingerprint density at radius 3 is 2.48 bits per heavy atom. The summed E-state index contributed by atoms with van der Waals surface area (Å²) in [5, 5.41) is 9.99. The summed E-state index contributed by atoms with van der Waals surface area (Å²) >= 11 is 5.88. The summed E-state index contributed by atoms with van der Waals surface area (Å²) in [5.41, 5.74) is 1.13. The molecule has 1 aromatic carbocycles. The Bertz CT molecular complexity index is 700. The fourth-order valence-electron chi connectivity index (χ4n) is 2.02. The van der Waals surface area contributed by atoms with E-state index in [0.29, 0.717) is 29.1 Å². The number of aromatic nitrogens is 2. The van der Waals surface area contributed by atoms with Gasteiger partial charge in [0, 0.05) is 10.6 Å². The second-order valence-corrected chi connectivity index (χ2v) is 6.09. The largest absolute Gasteiger partial charge is 0.477 e. The van der Waals surface area contributed by atoms with Crippen LogP contribution in [0.4, 0.5) is 0 Å². The monoisotopic (exact) mass is 334 g/mol. The number of halogens is 1. The topological polar surface area (TPSA) is 72.3 Å². The number of hydrogen-bond acceptors (Lipinski definition) is 4. The van der Waals surface area contributed by atoms with Gasteiger partial charge in [0.15, 0.2) is 5.82 Å². The molecule has 0 amide bonds. The van der Waals surface area contributed by atoms with Gasteiger partial charge >= 0.3 is 5.97 Å². The van der Waals surface area contributed by atoms with Gasteiger partial charge in [-0.2, -0.15) is 4.98 Å². The van der Waals surface area contributed by atoms with Crippen molar-refractivity contribution in [2.45, 2.75) is 27.2 Å². The van der Waals surface area contributed by atoms with E-state index in [9.17, 15) is 9.90 Å². The molecule has 0 bridgehead atoms. The van der Waals surface area contributed by atoms with Crippen LogP contribution < -0.4 is 4.74 Å². The Balaban J connectivity index is 2.40. The number of carbonyl (C=O) groups is 1. The van der Waals surface area contributed by atoms with Gasteiger partial charge in [0.2, 0.25) is 5.88 Å². The lowest BCUT2D eigenvalue weighted by Gasteiger charge is -2.12. The Morgan fingerprint density at radius 1 is 1.26 bits per heavy atom. The van der Waals surface area contributed by atoms with Crippen molar-refractivity contribution in [3.8, 4) is 17.3 Å². The summed E-state index contributed by atoms with van der Waals surface area (Å²) in [6.45, 7) is 6.20. The van der Waals surface area contributed by atoms with E-state index in [1.54, 1.807) is 31.2 Å². The van der Waals surface area contributed by atoms with Crippen LogP contribution in [0, 0.1) is 12.8 Å². The number of rotatable bonds is 6. The summed E-state index contributed by atoms with van der Waals surface area (Å²) in [4.78, 5) is 20.0. The van der Waals surface area contributed by atoms with E-state index in [-0.39, 0.29) is 11.4 Å². The zero-order valence-corrected chi connectivity index (χ0v) is 14.1. The van der Waals surface area contributed by atoms with Gasteiger partial charge in [-0.3, -0.25) is 0 Å². The van der Waals surface area contributed by atoms with Gasteiger partial charge in [0.05, 0.1) is 12.3 Å². The summed E-state index contributed by atoms with van der Waals surface area (Å²) in [6, 6.07) is 7.05. The fraction of sp³-hybridized carbons (Fsp3) is 0.353. The van der Waals surface area contributed by atoms with Crippen LogP contribution in [0.3, 0.4) is 0 Å². The van der Waals surface area contributed by atoms with Crippen molar-refractivity contribution in [3.05, 3.63) is 40.5 Å². The molecule has 1 N–H and O–H groups in total. The van der Waals surface area contributed by atoms with E-state index in [1.165, 1.54) is 0 Å². The van der Waals surface area contributed by atoms with Crippen molar-refractivity contribution in [2.75, 3.05) is 6.61 Å². The molecule has 0 saturated heterocycles. The molecule has 0 unspecified atom stereocenters. The lowest BCUT2D eigenvalue weighted by molar-refractivity contribution is 0.0689. The minimum Gasteiger partial charge on any atom is -0.477 e. The molecular weight excluding hydrogens is 316 g/mol. The van der Waals surface area contributed by atoms with Gasteiger partial charge in [-0.05, 0) is 43.5 Å². The first-order valence-electron chi connectivity index (χ1n) is 7.39. The minimum absolute atomic E-state index is 0.00599. The highest BCUT2D eigenvalue weighted by Gasteiger charge is 2.20. The molecule has 0 aliphatic carbocycles. The molecule has 0 saturated carbocycles. The molecule has 2 aromatic rings. The number of hydrogen-bond donors (Lipinski definition) is 1. The smallest absolute Gasteiger partial charge is 0.343 e. The number of benzene rings is 1. The Morgan fingerprint density at radius 2 is 1.91 bits per heavy atom.